The molecule has 2 nitrogen and oxygen atoms in total. The summed E-state index contributed by atoms with van der Waals surface area (Å²) >= 11 is 3.70. The predicted molar refractivity (Wildman–Crippen MR) is 120 cm³/mol. The van der Waals surface area contributed by atoms with E-state index in [4.69, 9.17) is 4.74 Å². The zero-order valence-corrected chi connectivity index (χ0v) is 16.6. The van der Waals surface area contributed by atoms with Crippen LogP contribution in [0.2, 0.25) is 0 Å². The summed E-state index contributed by atoms with van der Waals surface area (Å²) in [6, 6.07) is 31.9. The van der Waals surface area contributed by atoms with Crippen LogP contribution in [0.15, 0.2) is 95.5 Å². The fourth-order valence-electron chi connectivity index (χ4n) is 4.47. The van der Waals surface area contributed by atoms with E-state index in [1.54, 1.807) is 0 Å². The van der Waals surface area contributed by atoms with E-state index >= 15 is 0 Å². The van der Waals surface area contributed by atoms with Crippen molar-refractivity contribution in [1.29, 1.82) is 0 Å². The molecule has 0 unspecified atom stereocenters. The van der Waals surface area contributed by atoms with E-state index in [-0.39, 0.29) is 6.71 Å². The summed E-state index contributed by atoms with van der Waals surface area (Å²) in [5, 5.41) is 0. The van der Waals surface area contributed by atoms with Gasteiger partial charge < -0.3 is 9.64 Å². The van der Waals surface area contributed by atoms with Crippen molar-refractivity contribution in [3.8, 4) is 11.5 Å². The molecule has 2 aliphatic heterocycles. The largest absolute Gasteiger partial charge is 0.458 e. The van der Waals surface area contributed by atoms with Gasteiger partial charge in [-0.15, -0.1) is 0 Å². The van der Waals surface area contributed by atoms with E-state index in [2.05, 4.69) is 106 Å². The fourth-order valence-corrected chi connectivity index (χ4v) is 4.89. The Balaban J connectivity index is 1.72. The summed E-state index contributed by atoms with van der Waals surface area (Å²) in [6.45, 7) is 0.166. The van der Waals surface area contributed by atoms with Crippen molar-refractivity contribution in [3.63, 3.8) is 0 Å². The number of benzene rings is 4. The van der Waals surface area contributed by atoms with Crippen LogP contribution in [0.1, 0.15) is 0 Å². The van der Waals surface area contributed by atoms with Gasteiger partial charge in [-0.05, 0) is 52.8 Å². The first-order valence-electron chi connectivity index (χ1n) is 9.35. The van der Waals surface area contributed by atoms with Gasteiger partial charge in [-0.25, -0.2) is 0 Å². The van der Waals surface area contributed by atoms with Gasteiger partial charge >= 0.3 is 0 Å². The number of ether oxygens (including phenoxy) is 1. The quantitative estimate of drug-likeness (QED) is 0.350. The molecule has 4 aromatic rings. The van der Waals surface area contributed by atoms with Crippen molar-refractivity contribution in [3.05, 3.63) is 95.5 Å². The van der Waals surface area contributed by atoms with Crippen LogP contribution >= 0.6 is 15.9 Å². The van der Waals surface area contributed by atoms with E-state index in [0.717, 1.165) is 27.3 Å². The van der Waals surface area contributed by atoms with E-state index < -0.39 is 0 Å². The number of hydrogen-bond acceptors (Lipinski definition) is 2. The first kappa shape index (κ1) is 16.0. The van der Waals surface area contributed by atoms with Crippen molar-refractivity contribution in [1.82, 2.24) is 0 Å². The molecule has 4 aromatic carbocycles. The molecule has 0 N–H and O–H groups in total. The van der Waals surface area contributed by atoms with Gasteiger partial charge in [-0.1, -0.05) is 70.5 Å². The molecule has 132 valence electrons. The van der Waals surface area contributed by atoms with Crippen LogP contribution in [0.4, 0.5) is 17.1 Å². The van der Waals surface area contributed by atoms with E-state index in [9.17, 15) is 0 Å². The zero-order valence-electron chi connectivity index (χ0n) is 15.0. The van der Waals surface area contributed by atoms with E-state index in [1.165, 1.54) is 22.1 Å². The van der Waals surface area contributed by atoms with E-state index in [0.29, 0.717) is 0 Å². The van der Waals surface area contributed by atoms with Gasteiger partial charge in [0.2, 0.25) is 0 Å². The maximum Gasteiger partial charge on any atom is 0.256 e. The van der Waals surface area contributed by atoms with Crippen LogP contribution in [0.3, 0.4) is 0 Å². The molecular weight excluding hydrogens is 409 g/mol. The lowest BCUT2D eigenvalue weighted by atomic mass is 9.34. The van der Waals surface area contributed by atoms with Gasteiger partial charge in [0, 0.05) is 21.5 Å². The van der Waals surface area contributed by atoms with Gasteiger partial charge in [0.15, 0.2) is 0 Å². The lowest BCUT2D eigenvalue weighted by Crippen LogP contribution is -2.59. The van der Waals surface area contributed by atoms with Crippen molar-refractivity contribution in [2.24, 2.45) is 0 Å². The highest BCUT2D eigenvalue weighted by Gasteiger charge is 2.41. The number of nitrogens with zero attached hydrogens (tertiary/aromatic N) is 1. The Morgan fingerprint density at radius 1 is 0.679 bits per heavy atom. The summed E-state index contributed by atoms with van der Waals surface area (Å²) in [7, 11) is 0. The zero-order chi connectivity index (χ0) is 18.7. The second kappa shape index (κ2) is 6.01. The van der Waals surface area contributed by atoms with E-state index in [1.807, 2.05) is 6.07 Å². The highest BCUT2D eigenvalue weighted by molar-refractivity contribution is 9.10. The van der Waals surface area contributed by atoms with Gasteiger partial charge in [0.05, 0.1) is 0 Å². The lowest BCUT2D eigenvalue weighted by molar-refractivity contribution is 0.487. The van der Waals surface area contributed by atoms with Crippen LogP contribution in [0, 0.1) is 0 Å². The highest BCUT2D eigenvalue weighted by atomic mass is 79.9. The predicted octanol–water partition coefficient (Wildman–Crippen LogP) is 4.85. The smallest absolute Gasteiger partial charge is 0.256 e. The maximum absolute atomic E-state index is 6.35. The molecule has 0 saturated heterocycles. The first-order chi connectivity index (χ1) is 13.8. The molecule has 0 bridgehead atoms. The molecule has 0 radical (unpaired) electrons. The second-order valence-corrected chi connectivity index (χ2v) is 8.06. The number of halogens is 1. The Morgan fingerprint density at radius 2 is 1.39 bits per heavy atom. The number of anilines is 3. The molecule has 2 heterocycles. The Labute approximate surface area is 172 Å². The highest BCUT2D eigenvalue weighted by Crippen LogP contribution is 2.41. The second-order valence-electron chi connectivity index (χ2n) is 7.14. The van der Waals surface area contributed by atoms with Crippen LogP contribution < -0.4 is 26.0 Å². The molecule has 4 heteroatoms. The number of para-hydroxylation sites is 3. The molecule has 2 aliphatic rings. The number of rotatable bonds is 1. The third kappa shape index (κ3) is 2.21. The van der Waals surface area contributed by atoms with Gasteiger partial charge in [-0.3, -0.25) is 0 Å². The molecular formula is C24H15BBrNO. The van der Waals surface area contributed by atoms with Crippen molar-refractivity contribution < 1.29 is 4.74 Å². The fraction of sp³-hybridized carbons (Fsp3) is 0. The Kier molecular flexibility index (Phi) is 3.44. The number of hydrogen-bond donors (Lipinski definition) is 0. The molecule has 0 amide bonds. The minimum atomic E-state index is 0.166. The molecule has 0 fully saturated rings. The molecule has 0 aromatic heterocycles. The molecule has 6 rings (SSSR count). The van der Waals surface area contributed by atoms with Crippen LogP contribution in [-0.2, 0) is 0 Å². The van der Waals surface area contributed by atoms with Gasteiger partial charge in [0.1, 0.15) is 11.5 Å². The summed E-state index contributed by atoms with van der Waals surface area (Å²) in [5.74, 6) is 1.86. The normalized spacial score (nSPS) is 13.3. The Bertz CT molecular complexity index is 1220. The monoisotopic (exact) mass is 423 g/mol. The van der Waals surface area contributed by atoms with Crippen LogP contribution in [-0.4, -0.2) is 6.71 Å². The molecule has 0 aliphatic carbocycles. The number of fused-ring (bicyclic) bond motifs is 4. The molecule has 0 atom stereocenters. The summed E-state index contributed by atoms with van der Waals surface area (Å²) in [4.78, 5) is 2.34. The summed E-state index contributed by atoms with van der Waals surface area (Å²) in [5.41, 5.74) is 7.27. The van der Waals surface area contributed by atoms with Gasteiger partial charge in [0.25, 0.3) is 6.71 Å². The lowest BCUT2D eigenvalue weighted by Gasteiger charge is -2.40. The molecule has 0 saturated carbocycles. The average Bonchev–Trinajstić information content (AvgIpc) is 2.74. The topological polar surface area (TPSA) is 12.5 Å². The summed E-state index contributed by atoms with van der Waals surface area (Å²) in [6.07, 6.45) is 0. The molecule has 28 heavy (non-hydrogen) atoms. The van der Waals surface area contributed by atoms with Crippen molar-refractivity contribution in [2.75, 3.05) is 4.90 Å². The summed E-state index contributed by atoms with van der Waals surface area (Å²) < 4.78 is 7.36. The first-order valence-corrected chi connectivity index (χ1v) is 10.1. The minimum Gasteiger partial charge on any atom is -0.458 e. The Morgan fingerprint density at radius 3 is 2.25 bits per heavy atom. The van der Waals surface area contributed by atoms with Gasteiger partial charge in [-0.2, -0.15) is 0 Å². The SMILES string of the molecule is Brc1cc2c3c(c1)N(c1ccccc1)c1ccccc1B3c1ccccc1O2. The third-order valence-corrected chi connectivity index (χ3v) is 6.03. The van der Waals surface area contributed by atoms with Crippen molar-refractivity contribution in [2.45, 2.75) is 0 Å². The Hall–Kier alpha value is -2.98. The van der Waals surface area contributed by atoms with Crippen LogP contribution in [0.25, 0.3) is 0 Å². The maximum atomic E-state index is 6.35. The molecule has 0 spiro atoms. The standard InChI is InChI=1S/C24H15BBrNO/c26-16-14-21-24-23(15-16)28-22-13-7-5-11-19(22)25(24)18-10-4-6-12-20(18)27(21)17-8-2-1-3-9-17/h1-15H. The van der Waals surface area contributed by atoms with Crippen LogP contribution in [0.5, 0.6) is 11.5 Å². The average molecular weight is 424 g/mol. The third-order valence-electron chi connectivity index (χ3n) is 5.57. The minimum absolute atomic E-state index is 0.166. The van der Waals surface area contributed by atoms with Crippen molar-refractivity contribution >= 4 is 56.1 Å².